The van der Waals surface area contributed by atoms with E-state index >= 15 is 0 Å². The maximum atomic E-state index is 11.2. The highest BCUT2D eigenvalue weighted by molar-refractivity contribution is 6.30. The molecule has 98 valence electrons. The van der Waals surface area contributed by atoms with Crippen LogP contribution in [0.25, 0.3) is 0 Å². The Hall–Kier alpha value is -1.32. The van der Waals surface area contributed by atoms with E-state index < -0.39 is 0 Å². The molecule has 1 N–H and O–H groups in total. The van der Waals surface area contributed by atoms with Crippen molar-refractivity contribution in [3.63, 3.8) is 0 Å². The molecule has 0 aliphatic heterocycles. The highest BCUT2D eigenvalue weighted by Gasteiger charge is 2.05. The molecular weight excluding hydrogens is 250 g/mol. The van der Waals surface area contributed by atoms with Crippen molar-refractivity contribution < 1.29 is 9.53 Å². The fourth-order valence-corrected chi connectivity index (χ4v) is 1.63. The second kappa shape index (κ2) is 7.19. The van der Waals surface area contributed by atoms with Gasteiger partial charge in [0, 0.05) is 23.2 Å². The minimum atomic E-state index is -0.295. The Labute approximate surface area is 113 Å². The first-order valence-electron chi connectivity index (χ1n) is 5.78. The average Bonchev–Trinajstić information content (AvgIpc) is 2.38. The lowest BCUT2D eigenvalue weighted by molar-refractivity contribution is -0.136. The second-order valence-corrected chi connectivity index (χ2v) is 4.50. The summed E-state index contributed by atoms with van der Waals surface area (Å²) in [5, 5.41) is 4.03. The largest absolute Gasteiger partial charge is 0.466 e. The van der Waals surface area contributed by atoms with Gasteiger partial charge in [-0.25, -0.2) is 4.79 Å². The van der Waals surface area contributed by atoms with E-state index in [0.717, 1.165) is 10.6 Å². The summed E-state index contributed by atoms with van der Waals surface area (Å²) in [5.41, 5.74) is 1.76. The van der Waals surface area contributed by atoms with Gasteiger partial charge < -0.3 is 10.1 Å². The van der Waals surface area contributed by atoms with Crippen molar-refractivity contribution in [1.82, 2.24) is 5.32 Å². The predicted octanol–water partition coefficient (Wildman–Crippen LogP) is 3.11. The van der Waals surface area contributed by atoms with Crippen molar-refractivity contribution in [3.8, 4) is 0 Å². The van der Waals surface area contributed by atoms with Gasteiger partial charge in [0.25, 0.3) is 0 Å². The van der Waals surface area contributed by atoms with Crippen LogP contribution in [-0.2, 0) is 9.53 Å². The predicted molar refractivity (Wildman–Crippen MR) is 73.6 cm³/mol. The van der Waals surface area contributed by atoms with Crippen molar-refractivity contribution in [3.05, 3.63) is 46.5 Å². The molecule has 1 atom stereocenters. The van der Waals surface area contributed by atoms with Crippen LogP contribution in [0.4, 0.5) is 0 Å². The van der Waals surface area contributed by atoms with Gasteiger partial charge in [0.2, 0.25) is 0 Å². The van der Waals surface area contributed by atoms with Gasteiger partial charge in [-0.15, -0.1) is 0 Å². The summed E-state index contributed by atoms with van der Waals surface area (Å²) in [6.45, 7) is 4.41. The van der Waals surface area contributed by atoms with Crippen LogP contribution in [0.5, 0.6) is 0 Å². The molecule has 18 heavy (non-hydrogen) atoms. The van der Waals surface area contributed by atoms with E-state index in [-0.39, 0.29) is 12.0 Å². The molecule has 0 spiro atoms. The average molecular weight is 268 g/mol. The molecule has 3 nitrogen and oxygen atoms in total. The first kappa shape index (κ1) is 14.7. The molecular formula is C14H18ClNO2. The van der Waals surface area contributed by atoms with Crippen molar-refractivity contribution in [2.45, 2.75) is 19.9 Å². The number of methoxy groups -OCH3 is 1. The minimum absolute atomic E-state index is 0.198. The van der Waals surface area contributed by atoms with Gasteiger partial charge in [-0.3, -0.25) is 0 Å². The fourth-order valence-electron chi connectivity index (χ4n) is 1.50. The van der Waals surface area contributed by atoms with Gasteiger partial charge in [-0.05, 0) is 31.5 Å². The van der Waals surface area contributed by atoms with Crippen LogP contribution in [0.3, 0.4) is 0 Å². The monoisotopic (exact) mass is 267 g/mol. The number of esters is 1. The number of halogens is 1. The number of hydrogen-bond acceptors (Lipinski definition) is 3. The van der Waals surface area contributed by atoms with Gasteiger partial charge >= 0.3 is 5.97 Å². The van der Waals surface area contributed by atoms with Crippen LogP contribution in [0.15, 0.2) is 35.9 Å². The van der Waals surface area contributed by atoms with Crippen LogP contribution in [0, 0.1) is 0 Å². The number of ether oxygens (including phenoxy) is 1. The summed E-state index contributed by atoms with van der Waals surface area (Å²) in [4.78, 5) is 11.2. The third-order valence-electron chi connectivity index (χ3n) is 2.71. The molecule has 0 saturated heterocycles. The van der Waals surface area contributed by atoms with Gasteiger partial charge in [0.1, 0.15) is 0 Å². The molecule has 0 heterocycles. The molecule has 0 amide bonds. The summed E-state index contributed by atoms with van der Waals surface area (Å²) in [5.74, 6) is -0.295. The summed E-state index contributed by atoms with van der Waals surface area (Å²) >= 11 is 5.83. The van der Waals surface area contributed by atoms with Crippen LogP contribution in [-0.4, -0.2) is 19.6 Å². The maximum Gasteiger partial charge on any atom is 0.333 e. The van der Waals surface area contributed by atoms with Gasteiger partial charge in [0.05, 0.1) is 7.11 Å². The molecule has 0 saturated carbocycles. The molecule has 0 bridgehead atoms. The molecule has 1 rings (SSSR count). The number of carbonyl (C=O) groups is 1. The number of hydrogen-bond donors (Lipinski definition) is 1. The molecule has 0 unspecified atom stereocenters. The summed E-state index contributed by atoms with van der Waals surface area (Å²) in [6.07, 6.45) is 1.82. The van der Waals surface area contributed by atoms with Crippen LogP contribution >= 0.6 is 11.6 Å². The van der Waals surface area contributed by atoms with Crippen LogP contribution < -0.4 is 5.32 Å². The molecule has 1 aromatic rings. The van der Waals surface area contributed by atoms with E-state index in [1.807, 2.05) is 30.3 Å². The maximum absolute atomic E-state index is 11.2. The summed E-state index contributed by atoms with van der Waals surface area (Å²) in [7, 11) is 1.38. The van der Waals surface area contributed by atoms with Crippen LogP contribution in [0.2, 0.25) is 5.02 Å². The SMILES string of the molecule is COC(=O)/C(C)=C/CN[C@H](C)c1ccc(Cl)cc1. The Morgan fingerprint density at radius 3 is 2.61 bits per heavy atom. The Morgan fingerprint density at radius 2 is 2.06 bits per heavy atom. The molecule has 0 aliphatic rings. The zero-order valence-corrected chi connectivity index (χ0v) is 11.6. The number of benzene rings is 1. The van der Waals surface area contributed by atoms with Gasteiger partial charge in [-0.2, -0.15) is 0 Å². The van der Waals surface area contributed by atoms with Gasteiger partial charge in [-0.1, -0.05) is 29.8 Å². The molecule has 4 heteroatoms. The summed E-state index contributed by atoms with van der Waals surface area (Å²) in [6, 6.07) is 7.90. The first-order chi connectivity index (χ1) is 8.54. The third-order valence-corrected chi connectivity index (χ3v) is 2.96. The van der Waals surface area contributed by atoms with E-state index in [0.29, 0.717) is 12.1 Å². The third kappa shape index (κ3) is 4.51. The highest BCUT2D eigenvalue weighted by atomic mass is 35.5. The number of rotatable bonds is 5. The first-order valence-corrected chi connectivity index (χ1v) is 6.16. The number of carbonyl (C=O) groups excluding carboxylic acids is 1. The molecule has 0 radical (unpaired) electrons. The van der Waals surface area contributed by atoms with E-state index in [2.05, 4.69) is 17.0 Å². The zero-order chi connectivity index (χ0) is 13.5. The minimum Gasteiger partial charge on any atom is -0.466 e. The zero-order valence-electron chi connectivity index (χ0n) is 10.9. The lowest BCUT2D eigenvalue weighted by atomic mass is 10.1. The van der Waals surface area contributed by atoms with E-state index in [4.69, 9.17) is 11.6 Å². The Kier molecular flexibility index (Phi) is 5.89. The van der Waals surface area contributed by atoms with E-state index in [1.54, 1.807) is 6.92 Å². The van der Waals surface area contributed by atoms with Crippen molar-refractivity contribution in [2.75, 3.05) is 13.7 Å². The topological polar surface area (TPSA) is 38.3 Å². The smallest absolute Gasteiger partial charge is 0.333 e. The normalized spacial score (nSPS) is 13.2. The Bertz CT molecular complexity index is 426. The molecule has 0 aromatic heterocycles. The molecule has 0 fully saturated rings. The molecule has 1 aromatic carbocycles. The highest BCUT2D eigenvalue weighted by Crippen LogP contribution is 2.15. The van der Waals surface area contributed by atoms with E-state index in [1.165, 1.54) is 7.11 Å². The summed E-state index contributed by atoms with van der Waals surface area (Å²) < 4.78 is 4.62. The standard InChI is InChI=1S/C14H18ClNO2/c1-10(14(17)18-3)8-9-16-11(2)12-4-6-13(15)7-5-12/h4-8,11,16H,9H2,1-3H3/b10-8+/t11-/m1/s1. The van der Waals surface area contributed by atoms with Crippen molar-refractivity contribution in [2.24, 2.45) is 0 Å². The number of nitrogens with one attached hydrogen (secondary N) is 1. The second-order valence-electron chi connectivity index (χ2n) is 4.06. The van der Waals surface area contributed by atoms with Crippen LogP contribution in [0.1, 0.15) is 25.5 Å². The van der Waals surface area contributed by atoms with Crippen molar-refractivity contribution in [1.29, 1.82) is 0 Å². The van der Waals surface area contributed by atoms with E-state index in [9.17, 15) is 4.79 Å². The Balaban J connectivity index is 2.49. The van der Waals surface area contributed by atoms with Gasteiger partial charge in [0.15, 0.2) is 0 Å². The van der Waals surface area contributed by atoms with Crippen molar-refractivity contribution >= 4 is 17.6 Å². The fraction of sp³-hybridized carbons (Fsp3) is 0.357. The quantitative estimate of drug-likeness (QED) is 0.658. The lowest BCUT2D eigenvalue weighted by Gasteiger charge is -2.13. The Morgan fingerprint density at radius 1 is 1.44 bits per heavy atom. The lowest BCUT2D eigenvalue weighted by Crippen LogP contribution is -2.19. The molecule has 0 aliphatic carbocycles.